The molecule has 4 saturated carbocycles. The molecule has 5 heteroatoms. The lowest BCUT2D eigenvalue weighted by molar-refractivity contribution is -0.273. The minimum atomic E-state index is -0.511. The molecule has 13 atom stereocenters. The molecule has 2 aliphatic heterocycles. The summed E-state index contributed by atoms with van der Waals surface area (Å²) < 4.78 is 13.2. The highest BCUT2D eigenvalue weighted by Crippen LogP contribution is 2.72. The first-order chi connectivity index (χ1) is 15.5. The fourth-order valence-electron chi connectivity index (χ4n) is 10.3. The average Bonchev–Trinajstić information content (AvgIpc) is 3.20. The molecular weight excluding hydrogens is 416 g/mol. The van der Waals surface area contributed by atoms with E-state index in [0.29, 0.717) is 36.4 Å². The number of hydrogen-bond donors (Lipinski definition) is 2. The number of ketones is 1. The van der Waals surface area contributed by atoms with E-state index in [1.165, 1.54) is 0 Å². The molecule has 6 rings (SSSR count). The van der Waals surface area contributed by atoms with Crippen molar-refractivity contribution in [2.24, 2.45) is 51.8 Å². The summed E-state index contributed by atoms with van der Waals surface area (Å²) in [5, 5.41) is 21.9. The SMILES string of the molecule is C[C@@H]1CCC2(OC1)OC1CC3C4C[C@@H](O)[C@@]5(C)C[C@@H](O)CC[C@]5(C)C4CC(=O)[C@]3(C)C1[C@@H]2C. The lowest BCUT2D eigenvalue weighted by Crippen LogP contribution is -2.65. The molecule has 0 aromatic rings. The van der Waals surface area contributed by atoms with Gasteiger partial charge in [0.1, 0.15) is 5.78 Å². The summed E-state index contributed by atoms with van der Waals surface area (Å²) in [6, 6.07) is 0. The van der Waals surface area contributed by atoms with Gasteiger partial charge in [0.15, 0.2) is 5.79 Å². The van der Waals surface area contributed by atoms with E-state index in [0.717, 1.165) is 45.1 Å². The first-order valence-corrected chi connectivity index (χ1v) is 13.7. The number of Topliss-reactive ketones (excluding diaryl/α,β-unsaturated/α-hetero) is 1. The predicted molar refractivity (Wildman–Crippen MR) is 124 cm³/mol. The number of rotatable bonds is 0. The second kappa shape index (κ2) is 7.05. The highest BCUT2D eigenvalue weighted by atomic mass is 16.7. The van der Waals surface area contributed by atoms with Crippen LogP contribution in [-0.4, -0.2) is 46.7 Å². The molecule has 4 aliphatic carbocycles. The van der Waals surface area contributed by atoms with E-state index in [1.807, 2.05) is 0 Å². The van der Waals surface area contributed by atoms with Crippen LogP contribution in [0.2, 0.25) is 0 Å². The molecule has 6 fully saturated rings. The maximum Gasteiger partial charge on any atom is 0.171 e. The van der Waals surface area contributed by atoms with Crippen molar-refractivity contribution >= 4 is 5.78 Å². The maximum absolute atomic E-state index is 14.1. The Hall–Kier alpha value is -0.490. The van der Waals surface area contributed by atoms with Crippen LogP contribution in [0.4, 0.5) is 0 Å². The van der Waals surface area contributed by atoms with Gasteiger partial charge in [0.05, 0.1) is 24.9 Å². The fraction of sp³-hybridized carbons (Fsp3) is 0.964. The first-order valence-electron chi connectivity index (χ1n) is 13.7. The average molecular weight is 461 g/mol. The zero-order valence-electron chi connectivity index (χ0n) is 21.2. The van der Waals surface area contributed by atoms with Gasteiger partial charge in [-0.25, -0.2) is 0 Å². The van der Waals surface area contributed by atoms with E-state index in [-0.39, 0.29) is 46.2 Å². The third kappa shape index (κ3) is 2.72. The Bertz CT molecular complexity index is 834. The third-order valence-corrected chi connectivity index (χ3v) is 12.6. The van der Waals surface area contributed by atoms with Crippen molar-refractivity contribution in [3.8, 4) is 0 Å². The molecule has 5 nitrogen and oxygen atoms in total. The van der Waals surface area contributed by atoms with Crippen LogP contribution >= 0.6 is 0 Å². The van der Waals surface area contributed by atoms with Gasteiger partial charge in [0, 0.05) is 35.5 Å². The van der Waals surface area contributed by atoms with Gasteiger partial charge in [-0.2, -0.15) is 0 Å². The number of carbonyl (C=O) groups excluding carboxylic acids is 1. The highest BCUT2D eigenvalue weighted by molar-refractivity contribution is 5.87. The van der Waals surface area contributed by atoms with Crippen molar-refractivity contribution in [1.29, 1.82) is 0 Å². The number of ether oxygens (including phenoxy) is 2. The van der Waals surface area contributed by atoms with Crippen LogP contribution < -0.4 is 0 Å². The van der Waals surface area contributed by atoms with Crippen molar-refractivity contribution in [2.75, 3.05) is 6.61 Å². The Morgan fingerprint density at radius 3 is 2.42 bits per heavy atom. The minimum Gasteiger partial charge on any atom is -0.393 e. The van der Waals surface area contributed by atoms with Crippen molar-refractivity contribution in [1.82, 2.24) is 0 Å². The molecule has 2 saturated heterocycles. The van der Waals surface area contributed by atoms with Crippen molar-refractivity contribution in [2.45, 2.75) is 110 Å². The number of fused-ring (bicyclic) bond motifs is 7. The lowest BCUT2D eigenvalue weighted by Gasteiger charge is -2.66. The van der Waals surface area contributed by atoms with E-state index >= 15 is 0 Å². The molecule has 0 radical (unpaired) electrons. The van der Waals surface area contributed by atoms with Crippen LogP contribution in [0.15, 0.2) is 0 Å². The van der Waals surface area contributed by atoms with Crippen LogP contribution in [0.1, 0.15) is 86.0 Å². The van der Waals surface area contributed by atoms with Crippen LogP contribution in [0.5, 0.6) is 0 Å². The largest absolute Gasteiger partial charge is 0.393 e. The predicted octanol–water partition coefficient (Wildman–Crippen LogP) is 4.33. The lowest BCUT2D eigenvalue weighted by atomic mass is 9.39. The molecule has 0 aromatic heterocycles. The molecule has 2 N–H and O–H groups in total. The molecule has 0 bridgehead atoms. The molecule has 186 valence electrons. The van der Waals surface area contributed by atoms with Crippen molar-refractivity contribution in [3.05, 3.63) is 0 Å². The van der Waals surface area contributed by atoms with Gasteiger partial charge in [-0.3, -0.25) is 4.79 Å². The van der Waals surface area contributed by atoms with Crippen LogP contribution in [0.3, 0.4) is 0 Å². The molecule has 6 aliphatic rings. The standard InChI is InChI=1S/C28H44O5/c1-15-6-9-28(32-14-15)16(2)24-21(33-28)11-20-18-10-22(30)26(4)13-17(29)7-8-25(26,3)19(18)12-23(31)27(20,24)5/h15-22,24,29-30H,6-14H2,1-5H3/t15-,16+,17+,18?,19?,20?,21?,22-,24?,25-,26-,27-,28?/m1/s1. The Balaban J connectivity index is 1.34. The summed E-state index contributed by atoms with van der Waals surface area (Å²) in [6.07, 6.45) is 5.98. The fourth-order valence-corrected chi connectivity index (χ4v) is 10.3. The summed E-state index contributed by atoms with van der Waals surface area (Å²) >= 11 is 0. The summed E-state index contributed by atoms with van der Waals surface area (Å²) in [6.45, 7) is 12.0. The smallest absolute Gasteiger partial charge is 0.171 e. The zero-order valence-corrected chi connectivity index (χ0v) is 21.2. The van der Waals surface area contributed by atoms with E-state index in [1.54, 1.807) is 0 Å². The Morgan fingerprint density at radius 1 is 0.970 bits per heavy atom. The maximum atomic E-state index is 14.1. The Kier molecular flexibility index (Phi) is 4.90. The molecule has 1 spiro atoms. The Labute approximate surface area is 199 Å². The number of aliphatic hydroxyl groups excluding tert-OH is 2. The monoisotopic (exact) mass is 460 g/mol. The summed E-state index contributed by atoms with van der Waals surface area (Å²) in [5.41, 5.74) is -0.826. The molecule has 0 amide bonds. The third-order valence-electron chi connectivity index (χ3n) is 12.6. The van der Waals surface area contributed by atoms with Crippen LogP contribution in [-0.2, 0) is 14.3 Å². The Morgan fingerprint density at radius 2 is 1.73 bits per heavy atom. The van der Waals surface area contributed by atoms with Gasteiger partial charge in [-0.05, 0) is 67.6 Å². The molecule has 33 heavy (non-hydrogen) atoms. The topological polar surface area (TPSA) is 76.0 Å². The first kappa shape index (κ1) is 22.9. The molecule has 0 aromatic carbocycles. The second-order valence-corrected chi connectivity index (χ2v) is 13.7. The van der Waals surface area contributed by atoms with Gasteiger partial charge in [0.2, 0.25) is 0 Å². The van der Waals surface area contributed by atoms with Gasteiger partial charge >= 0.3 is 0 Å². The molecular formula is C28H44O5. The van der Waals surface area contributed by atoms with E-state index in [9.17, 15) is 15.0 Å². The van der Waals surface area contributed by atoms with Crippen molar-refractivity contribution < 1.29 is 24.5 Å². The second-order valence-electron chi connectivity index (χ2n) is 13.7. The molecule has 6 unspecified atom stereocenters. The van der Waals surface area contributed by atoms with E-state index < -0.39 is 11.9 Å². The summed E-state index contributed by atoms with van der Waals surface area (Å²) in [7, 11) is 0. The zero-order chi connectivity index (χ0) is 23.6. The van der Waals surface area contributed by atoms with E-state index in [2.05, 4.69) is 34.6 Å². The number of aliphatic hydroxyl groups is 2. The highest BCUT2D eigenvalue weighted by Gasteiger charge is 2.73. The van der Waals surface area contributed by atoms with E-state index in [4.69, 9.17) is 9.47 Å². The van der Waals surface area contributed by atoms with Gasteiger partial charge in [0.25, 0.3) is 0 Å². The number of hydrogen-bond acceptors (Lipinski definition) is 5. The molecule has 2 heterocycles. The van der Waals surface area contributed by atoms with Gasteiger partial charge < -0.3 is 19.7 Å². The van der Waals surface area contributed by atoms with Gasteiger partial charge in [-0.1, -0.05) is 34.6 Å². The van der Waals surface area contributed by atoms with Crippen LogP contribution in [0, 0.1) is 51.8 Å². The van der Waals surface area contributed by atoms with Crippen LogP contribution in [0.25, 0.3) is 0 Å². The number of carbonyl (C=O) groups is 1. The van der Waals surface area contributed by atoms with Crippen molar-refractivity contribution in [3.63, 3.8) is 0 Å². The minimum absolute atomic E-state index is 0.0811. The quantitative estimate of drug-likeness (QED) is 0.563. The normalized spacial score (nSPS) is 62.5. The summed E-state index contributed by atoms with van der Waals surface area (Å²) in [5.74, 6) is 1.80. The van der Waals surface area contributed by atoms with Gasteiger partial charge in [-0.15, -0.1) is 0 Å². The summed E-state index contributed by atoms with van der Waals surface area (Å²) in [4.78, 5) is 14.1.